The number of carbonyl (C=O) groups excluding carboxylic acids is 1. The molecular weight excluding hydrogens is 436 g/mol. The van der Waals surface area contributed by atoms with Crippen LogP contribution in [0.25, 0.3) is 0 Å². The van der Waals surface area contributed by atoms with Crippen LogP contribution in [0.5, 0.6) is 11.5 Å². The quantitative estimate of drug-likeness (QED) is 0.600. The highest BCUT2D eigenvalue weighted by Gasteiger charge is 2.30. The van der Waals surface area contributed by atoms with E-state index in [1.807, 2.05) is 6.07 Å². The molecule has 0 unspecified atom stereocenters. The average Bonchev–Trinajstić information content (AvgIpc) is 3.34. The van der Waals surface area contributed by atoms with E-state index in [1.54, 1.807) is 47.8 Å². The summed E-state index contributed by atoms with van der Waals surface area (Å²) in [5.74, 6) is 0.727. The first-order chi connectivity index (χ1) is 14.9. The number of aryl methyl sites for hydroxylation is 1. The van der Waals surface area contributed by atoms with E-state index in [-0.39, 0.29) is 5.91 Å². The van der Waals surface area contributed by atoms with E-state index in [1.165, 1.54) is 29.9 Å². The van der Waals surface area contributed by atoms with Crippen molar-refractivity contribution in [2.24, 2.45) is 0 Å². The zero-order valence-electron chi connectivity index (χ0n) is 17.1. The first kappa shape index (κ1) is 21.2. The van der Waals surface area contributed by atoms with Crippen LogP contribution >= 0.6 is 11.3 Å². The Labute approximate surface area is 185 Å². The van der Waals surface area contributed by atoms with Gasteiger partial charge in [-0.1, -0.05) is 6.07 Å². The van der Waals surface area contributed by atoms with Gasteiger partial charge in [0.1, 0.15) is 15.7 Å². The largest absolute Gasteiger partial charge is 0.497 e. The normalized spacial score (nSPS) is 13.4. The number of thiophene rings is 1. The molecule has 1 amide bonds. The standard InChI is InChI=1S/C22H22N2O5S2/c1-28-18-12-16(13-19(14-18)29-2)22(25)23-17-7-8-20-15(11-17)5-3-9-24(20)31(26,27)21-6-4-10-30-21/h4,6-8,10-14H,3,5,9H2,1-2H3,(H,23,25). The number of benzene rings is 2. The lowest BCUT2D eigenvalue weighted by atomic mass is 10.0. The summed E-state index contributed by atoms with van der Waals surface area (Å²) in [5, 5.41) is 4.63. The minimum atomic E-state index is -3.59. The molecule has 1 N–H and O–H groups in total. The van der Waals surface area contributed by atoms with Crippen molar-refractivity contribution in [3.63, 3.8) is 0 Å². The van der Waals surface area contributed by atoms with Gasteiger partial charge in [0.2, 0.25) is 0 Å². The highest BCUT2D eigenvalue weighted by Crippen LogP contribution is 2.35. The van der Waals surface area contributed by atoms with E-state index in [2.05, 4.69) is 5.32 Å². The third-order valence-corrected chi connectivity index (χ3v) is 8.25. The summed E-state index contributed by atoms with van der Waals surface area (Å²) in [6.07, 6.45) is 1.45. The summed E-state index contributed by atoms with van der Waals surface area (Å²) in [7, 11) is -0.542. The summed E-state index contributed by atoms with van der Waals surface area (Å²) in [6, 6.07) is 13.6. The molecule has 2 heterocycles. The molecule has 2 aromatic carbocycles. The number of nitrogens with one attached hydrogen (secondary N) is 1. The number of methoxy groups -OCH3 is 2. The summed E-state index contributed by atoms with van der Waals surface area (Å²) in [5.41, 5.74) is 2.53. The Morgan fingerprint density at radius 2 is 1.81 bits per heavy atom. The number of anilines is 2. The second kappa shape index (κ2) is 8.60. The molecule has 1 aromatic heterocycles. The lowest BCUT2D eigenvalue weighted by Crippen LogP contribution is -2.35. The van der Waals surface area contributed by atoms with Crippen molar-refractivity contribution in [1.29, 1.82) is 0 Å². The monoisotopic (exact) mass is 458 g/mol. The predicted octanol–water partition coefficient (Wildman–Crippen LogP) is 4.16. The zero-order chi connectivity index (χ0) is 22.0. The van der Waals surface area contributed by atoms with Crippen molar-refractivity contribution in [3.05, 3.63) is 65.0 Å². The van der Waals surface area contributed by atoms with E-state index < -0.39 is 10.0 Å². The van der Waals surface area contributed by atoms with Gasteiger partial charge in [-0.2, -0.15) is 0 Å². The van der Waals surface area contributed by atoms with Crippen molar-refractivity contribution < 1.29 is 22.7 Å². The van der Waals surface area contributed by atoms with E-state index in [0.717, 1.165) is 12.0 Å². The fourth-order valence-corrected chi connectivity index (χ4v) is 6.20. The first-order valence-electron chi connectivity index (χ1n) is 9.66. The van der Waals surface area contributed by atoms with Gasteiger partial charge in [-0.3, -0.25) is 9.10 Å². The number of carbonyl (C=O) groups is 1. The van der Waals surface area contributed by atoms with Crippen LogP contribution in [0.1, 0.15) is 22.3 Å². The van der Waals surface area contributed by atoms with Crippen LogP contribution in [0.15, 0.2) is 58.1 Å². The van der Waals surface area contributed by atoms with Gasteiger partial charge in [-0.15, -0.1) is 11.3 Å². The van der Waals surface area contributed by atoms with E-state index in [0.29, 0.717) is 45.6 Å². The number of hydrogen-bond donors (Lipinski definition) is 1. The van der Waals surface area contributed by atoms with E-state index in [9.17, 15) is 13.2 Å². The Kier molecular flexibility index (Phi) is 5.88. The molecule has 0 fully saturated rings. The van der Waals surface area contributed by atoms with Gasteiger partial charge in [0.25, 0.3) is 15.9 Å². The molecule has 9 heteroatoms. The average molecular weight is 459 g/mol. The molecule has 4 rings (SSSR count). The maximum Gasteiger partial charge on any atom is 0.273 e. The molecule has 162 valence electrons. The van der Waals surface area contributed by atoms with Crippen LogP contribution in [-0.4, -0.2) is 35.1 Å². The number of hydrogen-bond acceptors (Lipinski definition) is 6. The number of nitrogens with zero attached hydrogens (tertiary/aromatic N) is 1. The number of amides is 1. The molecule has 0 saturated carbocycles. The number of rotatable bonds is 6. The lowest BCUT2D eigenvalue weighted by Gasteiger charge is -2.30. The van der Waals surface area contributed by atoms with Crippen molar-refractivity contribution in [2.75, 3.05) is 30.4 Å². The van der Waals surface area contributed by atoms with Gasteiger partial charge < -0.3 is 14.8 Å². The molecule has 1 aliphatic heterocycles. The molecule has 0 spiro atoms. The third-order valence-electron chi connectivity index (χ3n) is 5.07. The molecule has 7 nitrogen and oxygen atoms in total. The maximum atomic E-state index is 13.0. The molecule has 0 radical (unpaired) electrons. The molecule has 0 atom stereocenters. The third kappa shape index (κ3) is 4.24. The number of fused-ring (bicyclic) bond motifs is 1. The van der Waals surface area contributed by atoms with Crippen LogP contribution in [0, 0.1) is 0 Å². The smallest absolute Gasteiger partial charge is 0.273 e. The van der Waals surface area contributed by atoms with Crippen LogP contribution in [-0.2, 0) is 16.4 Å². The Hall–Kier alpha value is -3.04. The predicted molar refractivity (Wildman–Crippen MR) is 121 cm³/mol. The highest BCUT2D eigenvalue weighted by atomic mass is 32.2. The van der Waals surface area contributed by atoms with Crippen molar-refractivity contribution in [1.82, 2.24) is 0 Å². The van der Waals surface area contributed by atoms with Gasteiger partial charge in [-0.25, -0.2) is 8.42 Å². The Balaban J connectivity index is 1.60. The van der Waals surface area contributed by atoms with Crippen molar-refractivity contribution in [2.45, 2.75) is 17.1 Å². The lowest BCUT2D eigenvalue weighted by molar-refractivity contribution is 0.102. The van der Waals surface area contributed by atoms with Gasteiger partial charge in [0.15, 0.2) is 0 Å². The van der Waals surface area contributed by atoms with Crippen LogP contribution in [0.2, 0.25) is 0 Å². The molecule has 0 saturated heterocycles. The van der Waals surface area contributed by atoms with E-state index in [4.69, 9.17) is 9.47 Å². The van der Waals surface area contributed by atoms with Crippen LogP contribution in [0.4, 0.5) is 11.4 Å². The molecule has 3 aromatic rings. The Bertz CT molecular complexity index is 1180. The Morgan fingerprint density at radius 1 is 1.06 bits per heavy atom. The van der Waals surface area contributed by atoms with Crippen molar-refractivity contribution >= 4 is 38.6 Å². The first-order valence-corrected chi connectivity index (χ1v) is 12.0. The summed E-state index contributed by atoms with van der Waals surface area (Å²) >= 11 is 1.21. The molecule has 31 heavy (non-hydrogen) atoms. The summed E-state index contributed by atoms with van der Waals surface area (Å²) < 4.78 is 38.3. The van der Waals surface area contributed by atoms with Gasteiger partial charge in [0.05, 0.1) is 19.9 Å². The second-order valence-corrected chi connectivity index (χ2v) is 10.0. The minimum absolute atomic E-state index is 0.309. The topological polar surface area (TPSA) is 84.9 Å². The van der Waals surface area contributed by atoms with Crippen molar-refractivity contribution in [3.8, 4) is 11.5 Å². The molecule has 1 aliphatic rings. The number of ether oxygens (including phenoxy) is 2. The summed E-state index contributed by atoms with van der Waals surface area (Å²) in [6.45, 7) is 0.433. The SMILES string of the molecule is COc1cc(OC)cc(C(=O)Nc2ccc3c(c2)CCCN3S(=O)(=O)c2cccs2)c1. The van der Waals surface area contributed by atoms with Crippen LogP contribution < -0.4 is 19.1 Å². The maximum absolute atomic E-state index is 13.0. The van der Waals surface area contributed by atoms with E-state index >= 15 is 0 Å². The van der Waals surface area contributed by atoms with Gasteiger partial charge >= 0.3 is 0 Å². The highest BCUT2D eigenvalue weighted by molar-refractivity contribution is 7.94. The van der Waals surface area contributed by atoms with Crippen LogP contribution in [0.3, 0.4) is 0 Å². The fraction of sp³-hybridized carbons (Fsp3) is 0.227. The molecule has 0 aliphatic carbocycles. The fourth-order valence-electron chi connectivity index (χ4n) is 3.55. The minimum Gasteiger partial charge on any atom is -0.497 e. The van der Waals surface area contributed by atoms with Gasteiger partial charge in [-0.05, 0) is 60.2 Å². The molecule has 0 bridgehead atoms. The number of sulfonamides is 1. The zero-order valence-corrected chi connectivity index (χ0v) is 18.8. The van der Waals surface area contributed by atoms with Gasteiger partial charge in [0, 0.05) is 23.9 Å². The molecular formula is C22H22N2O5S2. The second-order valence-electron chi connectivity index (χ2n) is 7.01. The Morgan fingerprint density at radius 3 is 2.45 bits per heavy atom. The summed E-state index contributed by atoms with van der Waals surface area (Å²) in [4.78, 5) is 12.8.